The SMILES string of the molecule is OCCCCn1ccc(C(O)C2CC2)c1. The van der Waals surface area contributed by atoms with Gasteiger partial charge in [-0.25, -0.2) is 0 Å². The van der Waals surface area contributed by atoms with Gasteiger partial charge in [-0.1, -0.05) is 0 Å². The predicted octanol–water partition coefficient (Wildman–Crippen LogP) is 1.70. The van der Waals surface area contributed by atoms with Gasteiger partial charge in [-0.15, -0.1) is 0 Å². The van der Waals surface area contributed by atoms with Gasteiger partial charge in [-0.05, 0) is 43.2 Å². The highest BCUT2D eigenvalue weighted by molar-refractivity contribution is 5.15. The zero-order chi connectivity index (χ0) is 10.7. The lowest BCUT2D eigenvalue weighted by molar-refractivity contribution is 0.154. The van der Waals surface area contributed by atoms with E-state index in [1.165, 1.54) is 0 Å². The Kier molecular flexibility index (Phi) is 3.44. The van der Waals surface area contributed by atoms with Crippen molar-refractivity contribution in [1.82, 2.24) is 4.57 Å². The van der Waals surface area contributed by atoms with Crippen molar-refractivity contribution in [2.24, 2.45) is 5.92 Å². The van der Waals surface area contributed by atoms with Gasteiger partial charge in [0.25, 0.3) is 0 Å². The van der Waals surface area contributed by atoms with Gasteiger partial charge in [-0.3, -0.25) is 0 Å². The number of aryl methyl sites for hydroxylation is 1. The van der Waals surface area contributed by atoms with Gasteiger partial charge in [0.15, 0.2) is 0 Å². The van der Waals surface area contributed by atoms with Crippen molar-refractivity contribution >= 4 is 0 Å². The first-order chi connectivity index (χ1) is 7.31. The van der Waals surface area contributed by atoms with E-state index >= 15 is 0 Å². The van der Waals surface area contributed by atoms with E-state index in [1.807, 2.05) is 18.5 Å². The topological polar surface area (TPSA) is 45.4 Å². The minimum absolute atomic E-state index is 0.260. The first-order valence-corrected chi connectivity index (χ1v) is 5.76. The molecule has 15 heavy (non-hydrogen) atoms. The Bertz CT molecular complexity index is 304. The molecule has 0 spiro atoms. The van der Waals surface area contributed by atoms with Crippen molar-refractivity contribution in [2.45, 2.75) is 38.3 Å². The summed E-state index contributed by atoms with van der Waals surface area (Å²) in [4.78, 5) is 0. The summed E-state index contributed by atoms with van der Waals surface area (Å²) in [7, 11) is 0. The Morgan fingerprint density at radius 3 is 2.87 bits per heavy atom. The van der Waals surface area contributed by atoms with Crippen LogP contribution in [0.3, 0.4) is 0 Å². The molecule has 3 nitrogen and oxygen atoms in total. The number of hydrogen-bond donors (Lipinski definition) is 2. The fraction of sp³-hybridized carbons (Fsp3) is 0.667. The van der Waals surface area contributed by atoms with E-state index in [9.17, 15) is 5.11 Å². The molecule has 0 saturated heterocycles. The molecule has 0 bridgehead atoms. The summed E-state index contributed by atoms with van der Waals surface area (Å²) in [6.07, 6.45) is 7.94. The lowest BCUT2D eigenvalue weighted by Crippen LogP contribution is -1.99. The maximum absolute atomic E-state index is 9.89. The van der Waals surface area contributed by atoms with Crippen LogP contribution in [0.4, 0.5) is 0 Å². The molecular weight excluding hydrogens is 190 g/mol. The summed E-state index contributed by atoms with van der Waals surface area (Å²) in [6, 6.07) is 2.00. The highest BCUT2D eigenvalue weighted by Crippen LogP contribution is 2.40. The molecular formula is C12H19NO2. The lowest BCUT2D eigenvalue weighted by atomic mass is 10.1. The van der Waals surface area contributed by atoms with Gasteiger partial charge in [0.2, 0.25) is 0 Å². The average Bonchev–Trinajstić information content (AvgIpc) is 2.98. The molecule has 1 unspecified atom stereocenters. The molecule has 1 aromatic heterocycles. The molecule has 84 valence electrons. The fourth-order valence-corrected chi connectivity index (χ4v) is 1.86. The number of rotatable bonds is 6. The summed E-state index contributed by atoms with van der Waals surface area (Å²) in [5.41, 5.74) is 1.04. The third-order valence-electron chi connectivity index (χ3n) is 3.01. The maximum Gasteiger partial charge on any atom is 0.0832 e. The Hall–Kier alpha value is -0.800. The Morgan fingerprint density at radius 1 is 1.40 bits per heavy atom. The molecule has 0 aliphatic heterocycles. The molecule has 3 heteroatoms. The van der Waals surface area contributed by atoms with Crippen LogP contribution in [0.15, 0.2) is 18.5 Å². The molecule has 0 aromatic carbocycles. The second kappa shape index (κ2) is 4.81. The predicted molar refractivity (Wildman–Crippen MR) is 58.4 cm³/mol. The number of aliphatic hydroxyl groups excluding tert-OH is 2. The van der Waals surface area contributed by atoms with Crippen molar-refractivity contribution in [2.75, 3.05) is 6.61 Å². The number of aliphatic hydroxyl groups is 2. The van der Waals surface area contributed by atoms with E-state index in [0.717, 1.165) is 37.8 Å². The molecule has 1 fully saturated rings. The van der Waals surface area contributed by atoms with Crippen LogP contribution in [-0.4, -0.2) is 21.4 Å². The molecule has 0 amide bonds. The summed E-state index contributed by atoms with van der Waals surface area (Å²) < 4.78 is 2.09. The quantitative estimate of drug-likeness (QED) is 0.700. The Labute approximate surface area is 90.4 Å². The van der Waals surface area contributed by atoms with Gasteiger partial charge < -0.3 is 14.8 Å². The van der Waals surface area contributed by atoms with Crippen LogP contribution >= 0.6 is 0 Å². The molecule has 1 atom stereocenters. The van der Waals surface area contributed by atoms with Crippen molar-refractivity contribution in [3.8, 4) is 0 Å². The third-order valence-corrected chi connectivity index (χ3v) is 3.01. The van der Waals surface area contributed by atoms with Crippen LogP contribution < -0.4 is 0 Å². The number of nitrogens with zero attached hydrogens (tertiary/aromatic N) is 1. The molecule has 2 N–H and O–H groups in total. The molecule has 0 radical (unpaired) electrons. The van der Waals surface area contributed by atoms with Crippen molar-refractivity contribution < 1.29 is 10.2 Å². The van der Waals surface area contributed by atoms with Crippen molar-refractivity contribution in [3.63, 3.8) is 0 Å². The minimum Gasteiger partial charge on any atom is -0.396 e. The van der Waals surface area contributed by atoms with E-state index in [2.05, 4.69) is 4.57 Å². The van der Waals surface area contributed by atoms with Gasteiger partial charge in [0, 0.05) is 25.5 Å². The first kappa shape index (κ1) is 10.7. The normalized spacial score (nSPS) is 18.0. The summed E-state index contributed by atoms with van der Waals surface area (Å²) in [5.74, 6) is 0.498. The highest BCUT2D eigenvalue weighted by atomic mass is 16.3. The molecule has 1 aromatic rings. The number of hydrogen-bond acceptors (Lipinski definition) is 2. The summed E-state index contributed by atoms with van der Waals surface area (Å²) in [6.45, 7) is 1.19. The number of unbranched alkanes of at least 4 members (excludes halogenated alkanes) is 1. The molecule has 1 heterocycles. The highest BCUT2D eigenvalue weighted by Gasteiger charge is 2.30. The average molecular weight is 209 g/mol. The van der Waals surface area contributed by atoms with Crippen LogP contribution in [-0.2, 0) is 6.54 Å². The molecule has 1 saturated carbocycles. The zero-order valence-electron chi connectivity index (χ0n) is 8.97. The lowest BCUT2D eigenvalue weighted by Gasteiger charge is -2.06. The Balaban J connectivity index is 1.85. The van der Waals surface area contributed by atoms with E-state index in [-0.39, 0.29) is 12.7 Å². The summed E-state index contributed by atoms with van der Waals surface area (Å²) in [5, 5.41) is 18.6. The van der Waals surface area contributed by atoms with Gasteiger partial charge in [-0.2, -0.15) is 0 Å². The number of aromatic nitrogens is 1. The zero-order valence-corrected chi connectivity index (χ0v) is 8.97. The Morgan fingerprint density at radius 2 is 2.20 bits per heavy atom. The van der Waals surface area contributed by atoms with Crippen molar-refractivity contribution in [1.29, 1.82) is 0 Å². The molecule has 1 aliphatic rings. The van der Waals surface area contributed by atoms with E-state index < -0.39 is 0 Å². The van der Waals surface area contributed by atoms with E-state index in [4.69, 9.17) is 5.11 Å². The standard InChI is InChI=1S/C12H19NO2/c14-8-2-1-6-13-7-5-11(9-13)12(15)10-3-4-10/h5,7,9-10,12,14-15H,1-4,6,8H2. The van der Waals surface area contributed by atoms with E-state index in [0.29, 0.717) is 5.92 Å². The van der Waals surface area contributed by atoms with Crippen LogP contribution in [0, 0.1) is 5.92 Å². The van der Waals surface area contributed by atoms with Gasteiger partial charge >= 0.3 is 0 Å². The van der Waals surface area contributed by atoms with Crippen LogP contribution in [0.2, 0.25) is 0 Å². The molecule has 2 rings (SSSR count). The first-order valence-electron chi connectivity index (χ1n) is 5.76. The van der Waals surface area contributed by atoms with Gasteiger partial charge in [0.05, 0.1) is 6.10 Å². The maximum atomic E-state index is 9.89. The largest absolute Gasteiger partial charge is 0.396 e. The van der Waals surface area contributed by atoms with Crippen molar-refractivity contribution in [3.05, 3.63) is 24.0 Å². The van der Waals surface area contributed by atoms with Crippen LogP contribution in [0.5, 0.6) is 0 Å². The summed E-state index contributed by atoms with van der Waals surface area (Å²) >= 11 is 0. The van der Waals surface area contributed by atoms with E-state index in [1.54, 1.807) is 0 Å². The minimum atomic E-state index is -0.260. The molecule has 1 aliphatic carbocycles. The second-order valence-corrected chi connectivity index (χ2v) is 4.40. The second-order valence-electron chi connectivity index (χ2n) is 4.40. The smallest absolute Gasteiger partial charge is 0.0832 e. The van der Waals surface area contributed by atoms with Gasteiger partial charge in [0.1, 0.15) is 0 Å². The monoisotopic (exact) mass is 209 g/mol. The van der Waals surface area contributed by atoms with Crippen LogP contribution in [0.25, 0.3) is 0 Å². The fourth-order valence-electron chi connectivity index (χ4n) is 1.86. The van der Waals surface area contributed by atoms with Crippen LogP contribution in [0.1, 0.15) is 37.4 Å². The third kappa shape index (κ3) is 2.83.